The average molecular weight is 435 g/mol. The highest BCUT2D eigenvalue weighted by Crippen LogP contribution is 2.33. The molecule has 0 amide bonds. The molecule has 0 spiro atoms. The molecule has 0 unspecified atom stereocenters. The molecule has 0 bridgehead atoms. The largest absolute Gasteiger partial charge is 0.381 e. The van der Waals surface area contributed by atoms with E-state index < -0.39 is 0 Å². The van der Waals surface area contributed by atoms with Gasteiger partial charge in [0.05, 0.1) is 16.7 Å². The number of rotatable bonds is 6. The van der Waals surface area contributed by atoms with Crippen LogP contribution in [0.4, 0.5) is 15.9 Å². The van der Waals surface area contributed by atoms with Crippen LogP contribution < -0.4 is 10.6 Å². The summed E-state index contributed by atoms with van der Waals surface area (Å²) >= 11 is 6.48. The lowest BCUT2D eigenvalue weighted by Crippen LogP contribution is -2.22. The van der Waals surface area contributed by atoms with Gasteiger partial charge in [0, 0.05) is 30.0 Å². The minimum atomic E-state index is -0.262. The number of pyridine rings is 1. The quantitative estimate of drug-likeness (QED) is 0.449. The van der Waals surface area contributed by atoms with Crippen LogP contribution in [0.15, 0.2) is 54.7 Å². The lowest BCUT2D eigenvalue weighted by atomic mass is 9.95. The van der Waals surface area contributed by atoms with E-state index in [0.717, 1.165) is 41.0 Å². The van der Waals surface area contributed by atoms with Gasteiger partial charge in [-0.2, -0.15) is 5.26 Å². The highest BCUT2D eigenvalue weighted by atomic mass is 35.5. The monoisotopic (exact) mass is 434 g/mol. The van der Waals surface area contributed by atoms with Crippen molar-refractivity contribution < 1.29 is 4.39 Å². The SMILES string of the molecule is N#Cc1cc(NCc2ccc(F)cc2)cc(-c2cc(NC3CCCCC3)ncc2Cl)c1. The van der Waals surface area contributed by atoms with Crippen molar-refractivity contribution in [1.29, 1.82) is 5.26 Å². The van der Waals surface area contributed by atoms with Gasteiger partial charge in [-0.3, -0.25) is 0 Å². The molecule has 0 atom stereocenters. The van der Waals surface area contributed by atoms with Crippen LogP contribution in [0.3, 0.4) is 0 Å². The maximum Gasteiger partial charge on any atom is 0.126 e. The summed E-state index contributed by atoms with van der Waals surface area (Å²) in [6.45, 7) is 0.521. The summed E-state index contributed by atoms with van der Waals surface area (Å²) in [4.78, 5) is 4.45. The van der Waals surface area contributed by atoms with Gasteiger partial charge in [0.25, 0.3) is 0 Å². The molecule has 6 heteroatoms. The van der Waals surface area contributed by atoms with Crippen LogP contribution in [0, 0.1) is 17.1 Å². The van der Waals surface area contributed by atoms with Gasteiger partial charge in [-0.25, -0.2) is 9.37 Å². The molecule has 1 aromatic heterocycles. The van der Waals surface area contributed by atoms with Gasteiger partial charge in [0.1, 0.15) is 11.6 Å². The number of benzene rings is 2. The van der Waals surface area contributed by atoms with E-state index in [-0.39, 0.29) is 5.82 Å². The molecule has 3 aromatic rings. The number of halogens is 2. The third kappa shape index (κ3) is 5.53. The van der Waals surface area contributed by atoms with Gasteiger partial charge in [-0.15, -0.1) is 0 Å². The first-order chi connectivity index (χ1) is 15.1. The Morgan fingerprint density at radius 3 is 2.58 bits per heavy atom. The van der Waals surface area contributed by atoms with Crippen molar-refractivity contribution >= 4 is 23.1 Å². The molecule has 1 aliphatic carbocycles. The van der Waals surface area contributed by atoms with Crippen LogP contribution >= 0.6 is 11.6 Å². The van der Waals surface area contributed by atoms with E-state index in [2.05, 4.69) is 21.7 Å². The van der Waals surface area contributed by atoms with E-state index in [1.807, 2.05) is 18.2 Å². The number of hydrogen-bond donors (Lipinski definition) is 2. The molecular formula is C25H24ClFN4. The van der Waals surface area contributed by atoms with Crippen LogP contribution in [0.25, 0.3) is 11.1 Å². The van der Waals surface area contributed by atoms with E-state index in [4.69, 9.17) is 11.6 Å². The maximum absolute atomic E-state index is 13.1. The number of anilines is 2. The first kappa shape index (κ1) is 21.1. The molecule has 4 rings (SSSR count). The van der Waals surface area contributed by atoms with E-state index in [1.54, 1.807) is 24.4 Å². The average Bonchev–Trinajstić information content (AvgIpc) is 2.80. The van der Waals surface area contributed by atoms with Crippen LogP contribution in [0.1, 0.15) is 43.2 Å². The second kappa shape index (κ2) is 9.80. The van der Waals surface area contributed by atoms with Gasteiger partial charge in [-0.05, 0) is 60.4 Å². The molecule has 0 saturated heterocycles. The highest BCUT2D eigenvalue weighted by molar-refractivity contribution is 6.33. The van der Waals surface area contributed by atoms with Crippen molar-refractivity contribution in [3.63, 3.8) is 0 Å². The van der Waals surface area contributed by atoms with Crippen LogP contribution in [-0.2, 0) is 6.54 Å². The Labute approximate surface area is 187 Å². The molecule has 1 heterocycles. The Hall–Kier alpha value is -3.10. The van der Waals surface area contributed by atoms with Crippen molar-refractivity contribution in [2.24, 2.45) is 0 Å². The maximum atomic E-state index is 13.1. The van der Waals surface area contributed by atoms with E-state index in [9.17, 15) is 9.65 Å². The number of nitriles is 1. The Morgan fingerprint density at radius 2 is 1.84 bits per heavy atom. The van der Waals surface area contributed by atoms with E-state index >= 15 is 0 Å². The molecule has 1 aliphatic rings. The first-order valence-electron chi connectivity index (χ1n) is 10.6. The smallest absolute Gasteiger partial charge is 0.126 e. The number of hydrogen-bond acceptors (Lipinski definition) is 4. The molecule has 0 radical (unpaired) electrons. The molecular weight excluding hydrogens is 411 g/mol. The molecule has 1 saturated carbocycles. The molecule has 4 nitrogen and oxygen atoms in total. The number of nitrogens with one attached hydrogen (secondary N) is 2. The molecule has 1 fully saturated rings. The third-order valence-electron chi connectivity index (χ3n) is 5.60. The number of nitrogens with zero attached hydrogens (tertiary/aromatic N) is 2. The second-order valence-corrected chi connectivity index (χ2v) is 8.33. The van der Waals surface area contributed by atoms with Crippen molar-refractivity contribution in [3.05, 3.63) is 76.7 Å². The van der Waals surface area contributed by atoms with Crippen molar-refractivity contribution in [2.75, 3.05) is 10.6 Å². The fraction of sp³-hybridized carbons (Fsp3) is 0.280. The fourth-order valence-electron chi connectivity index (χ4n) is 3.95. The summed E-state index contributed by atoms with van der Waals surface area (Å²) in [5, 5.41) is 16.9. The zero-order chi connectivity index (χ0) is 21.6. The summed E-state index contributed by atoms with van der Waals surface area (Å²) in [6, 6.07) is 16.5. The Balaban J connectivity index is 1.57. The standard InChI is InChI=1S/C25H24ClFN4/c26-24-16-30-25(31-21-4-2-1-3-5-21)13-23(24)19-10-18(14-28)11-22(12-19)29-15-17-6-8-20(27)9-7-17/h6-13,16,21,29H,1-5,15H2,(H,30,31). The van der Waals surface area contributed by atoms with Crippen LogP contribution in [0.5, 0.6) is 0 Å². The van der Waals surface area contributed by atoms with E-state index in [0.29, 0.717) is 23.2 Å². The molecule has 31 heavy (non-hydrogen) atoms. The predicted molar refractivity (Wildman–Crippen MR) is 124 cm³/mol. The minimum Gasteiger partial charge on any atom is -0.381 e. The Kier molecular flexibility index (Phi) is 6.69. The Bertz CT molecular complexity index is 1090. The summed E-state index contributed by atoms with van der Waals surface area (Å²) < 4.78 is 13.1. The van der Waals surface area contributed by atoms with Gasteiger partial charge in [0.15, 0.2) is 0 Å². The van der Waals surface area contributed by atoms with Crippen molar-refractivity contribution in [2.45, 2.75) is 44.7 Å². The van der Waals surface area contributed by atoms with E-state index in [1.165, 1.54) is 31.4 Å². The van der Waals surface area contributed by atoms with Gasteiger partial charge >= 0.3 is 0 Å². The normalized spacial score (nSPS) is 14.1. The van der Waals surface area contributed by atoms with Crippen LogP contribution in [-0.4, -0.2) is 11.0 Å². The zero-order valence-electron chi connectivity index (χ0n) is 17.2. The molecule has 0 aliphatic heterocycles. The van der Waals surface area contributed by atoms with Gasteiger partial charge in [0.2, 0.25) is 0 Å². The fourth-order valence-corrected chi connectivity index (χ4v) is 4.16. The molecule has 2 aromatic carbocycles. The molecule has 158 valence electrons. The Morgan fingerprint density at radius 1 is 1.06 bits per heavy atom. The number of aromatic nitrogens is 1. The first-order valence-corrected chi connectivity index (χ1v) is 10.9. The summed E-state index contributed by atoms with van der Waals surface area (Å²) in [5.74, 6) is 0.539. The highest BCUT2D eigenvalue weighted by Gasteiger charge is 2.15. The summed E-state index contributed by atoms with van der Waals surface area (Å²) in [7, 11) is 0. The second-order valence-electron chi connectivity index (χ2n) is 7.92. The topological polar surface area (TPSA) is 60.7 Å². The predicted octanol–water partition coefficient (Wildman–Crippen LogP) is 6.77. The van der Waals surface area contributed by atoms with Crippen molar-refractivity contribution in [3.8, 4) is 17.2 Å². The van der Waals surface area contributed by atoms with Crippen molar-refractivity contribution in [1.82, 2.24) is 4.98 Å². The zero-order valence-corrected chi connectivity index (χ0v) is 17.9. The third-order valence-corrected chi connectivity index (χ3v) is 5.90. The minimum absolute atomic E-state index is 0.262. The summed E-state index contributed by atoms with van der Waals surface area (Å²) in [6.07, 6.45) is 7.75. The summed E-state index contributed by atoms with van der Waals surface area (Å²) in [5.41, 5.74) is 3.96. The van der Waals surface area contributed by atoms with Gasteiger partial charge < -0.3 is 10.6 Å². The van der Waals surface area contributed by atoms with Crippen LogP contribution in [0.2, 0.25) is 5.02 Å². The lowest BCUT2D eigenvalue weighted by molar-refractivity contribution is 0.462. The van der Waals surface area contributed by atoms with Gasteiger partial charge in [-0.1, -0.05) is 43.0 Å². The molecule has 2 N–H and O–H groups in total. The lowest BCUT2D eigenvalue weighted by Gasteiger charge is -2.23.